The van der Waals surface area contributed by atoms with E-state index < -0.39 is 34.1 Å². The second kappa shape index (κ2) is 6.70. The molecule has 0 spiro atoms. The third-order valence-corrected chi connectivity index (χ3v) is 5.01. The maximum atomic E-state index is 13.3. The Kier molecular flexibility index (Phi) is 5.22. The molecule has 2 aromatic carbocycles. The van der Waals surface area contributed by atoms with E-state index in [9.17, 15) is 26.0 Å². The molecule has 2 rings (SSSR count). The average Bonchev–Trinajstić information content (AvgIpc) is 2.46. The number of alkyl halides is 3. The van der Waals surface area contributed by atoms with Crippen LogP contribution < -0.4 is 4.72 Å². The van der Waals surface area contributed by atoms with Crippen molar-refractivity contribution in [1.82, 2.24) is 4.72 Å². The van der Waals surface area contributed by atoms with E-state index in [0.29, 0.717) is 17.7 Å². The van der Waals surface area contributed by atoms with E-state index in [1.54, 1.807) is 6.92 Å². The first-order valence-electron chi connectivity index (χ1n) is 6.61. The van der Waals surface area contributed by atoms with Gasteiger partial charge in [0, 0.05) is 11.6 Å². The lowest BCUT2D eigenvalue weighted by Gasteiger charge is -2.11. The average molecular weight is 382 g/mol. The highest BCUT2D eigenvalue weighted by Crippen LogP contribution is 2.30. The third-order valence-electron chi connectivity index (χ3n) is 3.20. The van der Waals surface area contributed by atoms with Gasteiger partial charge in [-0.2, -0.15) is 13.2 Å². The van der Waals surface area contributed by atoms with Gasteiger partial charge in [0.05, 0.1) is 10.5 Å². The van der Waals surface area contributed by atoms with Crippen molar-refractivity contribution in [2.24, 2.45) is 0 Å². The van der Waals surface area contributed by atoms with E-state index >= 15 is 0 Å². The zero-order valence-electron chi connectivity index (χ0n) is 12.3. The molecular weight excluding hydrogens is 370 g/mol. The van der Waals surface area contributed by atoms with Gasteiger partial charge < -0.3 is 0 Å². The molecule has 0 bridgehead atoms. The molecule has 130 valence electrons. The Hall–Kier alpha value is -1.64. The topological polar surface area (TPSA) is 46.2 Å². The summed E-state index contributed by atoms with van der Waals surface area (Å²) in [5.41, 5.74) is -0.658. The van der Waals surface area contributed by atoms with Gasteiger partial charge in [-0.15, -0.1) is 0 Å². The third kappa shape index (κ3) is 4.46. The second-order valence-corrected chi connectivity index (χ2v) is 7.26. The molecule has 0 amide bonds. The molecule has 0 aliphatic rings. The van der Waals surface area contributed by atoms with Crippen molar-refractivity contribution in [1.29, 1.82) is 0 Å². The van der Waals surface area contributed by atoms with Crippen molar-refractivity contribution in [2.45, 2.75) is 24.5 Å². The van der Waals surface area contributed by atoms with E-state index in [1.165, 1.54) is 18.2 Å². The van der Waals surface area contributed by atoms with Crippen molar-refractivity contribution in [3.05, 3.63) is 63.9 Å². The molecule has 0 fully saturated rings. The molecule has 0 saturated heterocycles. The SMILES string of the molecule is Cc1ccc(S(=O)(=O)NCc2cc(F)cc(C(F)(F)F)c2)cc1Cl. The van der Waals surface area contributed by atoms with Crippen molar-refractivity contribution < 1.29 is 26.0 Å². The van der Waals surface area contributed by atoms with Crippen LogP contribution in [0.4, 0.5) is 17.6 Å². The van der Waals surface area contributed by atoms with Crippen molar-refractivity contribution >= 4 is 21.6 Å². The lowest BCUT2D eigenvalue weighted by molar-refractivity contribution is -0.137. The number of sulfonamides is 1. The molecule has 1 N–H and O–H groups in total. The van der Waals surface area contributed by atoms with E-state index in [4.69, 9.17) is 11.6 Å². The summed E-state index contributed by atoms with van der Waals surface area (Å²) in [6.45, 7) is 1.20. The van der Waals surface area contributed by atoms with Crippen LogP contribution in [0.2, 0.25) is 5.02 Å². The number of hydrogen-bond donors (Lipinski definition) is 1. The van der Waals surface area contributed by atoms with Gasteiger partial charge in [0.2, 0.25) is 10.0 Å². The molecule has 0 aliphatic carbocycles. The summed E-state index contributed by atoms with van der Waals surface area (Å²) in [6, 6.07) is 5.91. The fraction of sp³-hybridized carbons (Fsp3) is 0.200. The minimum atomic E-state index is -4.72. The minimum absolute atomic E-state index is 0.134. The fourth-order valence-electron chi connectivity index (χ4n) is 1.92. The van der Waals surface area contributed by atoms with E-state index in [0.717, 1.165) is 6.07 Å². The Morgan fingerprint density at radius 1 is 1.12 bits per heavy atom. The number of rotatable bonds is 4. The molecule has 0 unspecified atom stereocenters. The number of nitrogens with one attached hydrogen (secondary N) is 1. The Balaban J connectivity index is 2.23. The maximum absolute atomic E-state index is 13.3. The van der Waals surface area contributed by atoms with E-state index in [-0.39, 0.29) is 15.5 Å². The molecule has 2 aromatic rings. The van der Waals surface area contributed by atoms with Crippen molar-refractivity contribution in [2.75, 3.05) is 0 Å². The summed E-state index contributed by atoms with van der Waals surface area (Å²) in [6.07, 6.45) is -4.72. The molecule has 0 heterocycles. The summed E-state index contributed by atoms with van der Waals surface area (Å²) in [4.78, 5) is -0.134. The quantitative estimate of drug-likeness (QED) is 0.803. The highest BCUT2D eigenvalue weighted by Gasteiger charge is 2.31. The summed E-state index contributed by atoms with van der Waals surface area (Å²) < 4.78 is 77.7. The predicted molar refractivity (Wildman–Crippen MR) is 81.6 cm³/mol. The van der Waals surface area contributed by atoms with Gasteiger partial charge in [0.25, 0.3) is 0 Å². The summed E-state index contributed by atoms with van der Waals surface area (Å²) >= 11 is 5.86. The Bertz CT molecular complexity index is 866. The van der Waals surface area contributed by atoms with Crippen LogP contribution in [-0.2, 0) is 22.7 Å². The number of aryl methyl sites for hydroxylation is 1. The van der Waals surface area contributed by atoms with Gasteiger partial charge in [-0.3, -0.25) is 0 Å². The number of benzene rings is 2. The minimum Gasteiger partial charge on any atom is -0.207 e. The molecular formula is C15H12ClF4NO2S. The van der Waals surface area contributed by atoms with Gasteiger partial charge in [-0.05, 0) is 48.4 Å². The van der Waals surface area contributed by atoms with Gasteiger partial charge >= 0.3 is 6.18 Å². The van der Waals surface area contributed by atoms with E-state index in [2.05, 4.69) is 4.72 Å². The Labute approximate surface area is 141 Å². The van der Waals surface area contributed by atoms with Gasteiger partial charge in [-0.25, -0.2) is 17.5 Å². The smallest absolute Gasteiger partial charge is 0.207 e. The lowest BCUT2D eigenvalue weighted by Crippen LogP contribution is -2.23. The predicted octanol–water partition coefficient (Wildman–Crippen LogP) is 4.28. The molecule has 0 aliphatic heterocycles. The lowest BCUT2D eigenvalue weighted by atomic mass is 10.1. The van der Waals surface area contributed by atoms with Crippen LogP contribution in [0.3, 0.4) is 0 Å². The van der Waals surface area contributed by atoms with Crippen LogP contribution in [0.5, 0.6) is 0 Å². The van der Waals surface area contributed by atoms with Crippen LogP contribution in [-0.4, -0.2) is 8.42 Å². The van der Waals surface area contributed by atoms with Crippen molar-refractivity contribution in [3.63, 3.8) is 0 Å². The summed E-state index contributed by atoms with van der Waals surface area (Å²) in [5.74, 6) is -1.10. The van der Waals surface area contributed by atoms with Crippen LogP contribution >= 0.6 is 11.6 Å². The second-order valence-electron chi connectivity index (χ2n) is 5.08. The molecule has 0 saturated carbocycles. The number of hydrogen-bond acceptors (Lipinski definition) is 2. The largest absolute Gasteiger partial charge is 0.416 e. The monoisotopic (exact) mass is 381 g/mol. The zero-order chi connectivity index (χ0) is 18.1. The molecule has 0 atom stereocenters. The standard InChI is InChI=1S/C15H12ClF4NO2S/c1-9-2-3-13(7-14(9)16)24(22,23)21-8-10-4-11(15(18,19)20)6-12(17)5-10/h2-7,21H,8H2,1H3. The van der Waals surface area contributed by atoms with Gasteiger partial charge in [0.1, 0.15) is 5.82 Å². The van der Waals surface area contributed by atoms with Crippen LogP contribution in [0, 0.1) is 12.7 Å². The zero-order valence-corrected chi connectivity index (χ0v) is 13.9. The maximum Gasteiger partial charge on any atom is 0.416 e. The molecule has 9 heteroatoms. The highest BCUT2D eigenvalue weighted by atomic mass is 35.5. The molecule has 3 nitrogen and oxygen atoms in total. The first-order valence-corrected chi connectivity index (χ1v) is 8.47. The molecule has 24 heavy (non-hydrogen) atoms. The molecule has 0 radical (unpaired) electrons. The van der Waals surface area contributed by atoms with Crippen molar-refractivity contribution in [3.8, 4) is 0 Å². The summed E-state index contributed by atoms with van der Waals surface area (Å²) in [5, 5.41) is 0.239. The normalized spacial score (nSPS) is 12.4. The first kappa shape index (κ1) is 18.7. The Morgan fingerprint density at radius 2 is 1.79 bits per heavy atom. The fourth-order valence-corrected chi connectivity index (χ4v) is 3.21. The van der Waals surface area contributed by atoms with Crippen LogP contribution in [0.25, 0.3) is 0 Å². The van der Waals surface area contributed by atoms with Crippen LogP contribution in [0.1, 0.15) is 16.7 Å². The Morgan fingerprint density at radius 3 is 2.38 bits per heavy atom. The van der Waals surface area contributed by atoms with E-state index in [1.807, 2.05) is 0 Å². The summed E-state index contributed by atoms with van der Waals surface area (Å²) in [7, 11) is -4.00. The first-order chi connectivity index (χ1) is 11.0. The molecule has 0 aromatic heterocycles. The van der Waals surface area contributed by atoms with Gasteiger partial charge in [0.15, 0.2) is 0 Å². The highest BCUT2D eigenvalue weighted by molar-refractivity contribution is 7.89. The number of halogens is 5. The van der Waals surface area contributed by atoms with Crippen LogP contribution in [0.15, 0.2) is 41.3 Å². The van der Waals surface area contributed by atoms with Gasteiger partial charge in [-0.1, -0.05) is 17.7 Å².